The van der Waals surface area contributed by atoms with Crippen LogP contribution < -0.4 is 5.32 Å². The summed E-state index contributed by atoms with van der Waals surface area (Å²) in [5.74, 6) is -0.161. The molecule has 2 aromatic heterocycles. The molecule has 24 heavy (non-hydrogen) atoms. The van der Waals surface area contributed by atoms with Crippen LogP contribution in [0, 0.1) is 6.92 Å². The molecule has 122 valence electrons. The minimum absolute atomic E-state index is 0.161. The van der Waals surface area contributed by atoms with E-state index in [4.69, 9.17) is 0 Å². The van der Waals surface area contributed by atoms with Crippen LogP contribution in [-0.4, -0.2) is 20.7 Å². The SMILES string of the molecule is CCn1cc(C(=O)N[C@@H](c2ccc(C)cc2)c2ccccn2)cn1. The first-order chi connectivity index (χ1) is 11.7. The Morgan fingerprint density at radius 2 is 2.00 bits per heavy atom. The third kappa shape index (κ3) is 3.51. The third-order valence-corrected chi connectivity index (χ3v) is 3.89. The highest BCUT2D eigenvalue weighted by Gasteiger charge is 2.19. The number of pyridine rings is 1. The third-order valence-electron chi connectivity index (χ3n) is 3.89. The van der Waals surface area contributed by atoms with Crippen molar-refractivity contribution in [2.24, 2.45) is 0 Å². The van der Waals surface area contributed by atoms with E-state index in [1.165, 1.54) is 5.56 Å². The molecular formula is C19H20N4O. The molecule has 0 aliphatic rings. The number of nitrogens with one attached hydrogen (secondary N) is 1. The van der Waals surface area contributed by atoms with Gasteiger partial charge in [0.1, 0.15) is 0 Å². The summed E-state index contributed by atoms with van der Waals surface area (Å²) < 4.78 is 1.73. The van der Waals surface area contributed by atoms with E-state index in [-0.39, 0.29) is 11.9 Å². The molecule has 1 amide bonds. The molecule has 0 aliphatic carbocycles. The van der Waals surface area contributed by atoms with E-state index in [9.17, 15) is 4.79 Å². The molecule has 0 radical (unpaired) electrons. The van der Waals surface area contributed by atoms with E-state index >= 15 is 0 Å². The summed E-state index contributed by atoms with van der Waals surface area (Å²) in [5.41, 5.74) is 3.52. The van der Waals surface area contributed by atoms with E-state index < -0.39 is 0 Å². The van der Waals surface area contributed by atoms with Crippen LogP contribution in [0.4, 0.5) is 0 Å². The molecule has 0 aliphatic heterocycles. The molecule has 5 nitrogen and oxygen atoms in total. The van der Waals surface area contributed by atoms with E-state index in [2.05, 4.69) is 15.4 Å². The Bertz CT molecular complexity index is 809. The first-order valence-corrected chi connectivity index (χ1v) is 7.98. The molecule has 0 bridgehead atoms. The van der Waals surface area contributed by atoms with E-state index in [0.717, 1.165) is 17.8 Å². The molecule has 1 aromatic carbocycles. The van der Waals surface area contributed by atoms with Crippen LogP contribution in [0.5, 0.6) is 0 Å². The average molecular weight is 320 g/mol. The van der Waals surface area contributed by atoms with Crippen molar-refractivity contribution in [2.45, 2.75) is 26.4 Å². The molecule has 2 heterocycles. The van der Waals surface area contributed by atoms with Crippen molar-refractivity contribution in [3.05, 3.63) is 83.4 Å². The number of aryl methyl sites for hydroxylation is 2. The van der Waals surface area contributed by atoms with E-state index in [0.29, 0.717) is 5.56 Å². The van der Waals surface area contributed by atoms with E-state index in [1.807, 2.05) is 56.3 Å². The largest absolute Gasteiger partial charge is 0.339 e. The number of nitrogens with zero attached hydrogens (tertiary/aromatic N) is 3. The van der Waals surface area contributed by atoms with Gasteiger partial charge >= 0.3 is 0 Å². The lowest BCUT2D eigenvalue weighted by molar-refractivity contribution is 0.0942. The number of amides is 1. The molecule has 0 fully saturated rings. The van der Waals surface area contributed by atoms with Crippen molar-refractivity contribution < 1.29 is 4.79 Å². The zero-order valence-corrected chi connectivity index (χ0v) is 13.8. The van der Waals surface area contributed by atoms with Crippen LogP contribution in [0.3, 0.4) is 0 Å². The number of rotatable bonds is 5. The van der Waals surface area contributed by atoms with Crippen molar-refractivity contribution in [3.63, 3.8) is 0 Å². The maximum absolute atomic E-state index is 12.6. The molecule has 0 saturated carbocycles. The predicted octanol–water partition coefficient (Wildman–Crippen LogP) is 3.13. The van der Waals surface area contributed by atoms with Crippen LogP contribution in [0.1, 0.15) is 40.1 Å². The maximum Gasteiger partial charge on any atom is 0.255 e. The van der Waals surface area contributed by atoms with Crippen LogP contribution >= 0.6 is 0 Å². The predicted molar refractivity (Wildman–Crippen MR) is 92.6 cm³/mol. The molecule has 1 N–H and O–H groups in total. The zero-order valence-electron chi connectivity index (χ0n) is 13.8. The minimum Gasteiger partial charge on any atom is -0.339 e. The van der Waals surface area contributed by atoms with Gasteiger partial charge in [-0.1, -0.05) is 35.9 Å². The number of benzene rings is 1. The summed E-state index contributed by atoms with van der Waals surface area (Å²) in [6.07, 6.45) is 5.07. The highest BCUT2D eigenvalue weighted by atomic mass is 16.1. The number of carbonyl (C=O) groups is 1. The monoisotopic (exact) mass is 320 g/mol. The Kier molecular flexibility index (Phi) is 4.70. The number of carbonyl (C=O) groups excluding carboxylic acids is 1. The fraction of sp³-hybridized carbons (Fsp3) is 0.211. The van der Waals surface area contributed by atoms with Gasteiger partial charge in [0.05, 0.1) is 23.5 Å². The van der Waals surface area contributed by atoms with Gasteiger partial charge in [-0.05, 0) is 31.5 Å². The maximum atomic E-state index is 12.6. The Balaban J connectivity index is 1.90. The van der Waals surface area contributed by atoms with Gasteiger partial charge in [0.25, 0.3) is 5.91 Å². The highest BCUT2D eigenvalue weighted by Crippen LogP contribution is 2.21. The van der Waals surface area contributed by atoms with E-state index in [1.54, 1.807) is 23.3 Å². The van der Waals surface area contributed by atoms with Gasteiger partial charge < -0.3 is 5.32 Å². The molecule has 3 rings (SSSR count). The summed E-state index contributed by atoms with van der Waals surface area (Å²) >= 11 is 0. The Hall–Kier alpha value is -2.95. The van der Waals surface area contributed by atoms with Gasteiger partial charge in [-0.2, -0.15) is 5.10 Å². The zero-order chi connectivity index (χ0) is 16.9. The Labute approximate surface area is 141 Å². The van der Waals surface area contributed by atoms with Crippen molar-refractivity contribution in [3.8, 4) is 0 Å². The second-order valence-electron chi connectivity index (χ2n) is 5.66. The first-order valence-electron chi connectivity index (χ1n) is 7.98. The quantitative estimate of drug-likeness (QED) is 0.786. The number of hydrogen-bond donors (Lipinski definition) is 1. The molecular weight excluding hydrogens is 300 g/mol. The molecule has 5 heteroatoms. The van der Waals surface area contributed by atoms with Crippen LogP contribution in [0.2, 0.25) is 0 Å². The van der Waals surface area contributed by atoms with Crippen molar-refractivity contribution in [2.75, 3.05) is 0 Å². The summed E-state index contributed by atoms with van der Waals surface area (Å²) in [6, 6.07) is 13.5. The summed E-state index contributed by atoms with van der Waals surface area (Å²) in [4.78, 5) is 17.0. The van der Waals surface area contributed by atoms with Gasteiger partial charge in [-0.25, -0.2) is 0 Å². The standard InChI is InChI=1S/C19H20N4O/c1-3-23-13-16(12-21-23)19(24)22-18(17-6-4-5-11-20-17)15-9-7-14(2)8-10-15/h4-13,18H,3H2,1-2H3,(H,22,24)/t18-/m0/s1. The first kappa shape index (κ1) is 15.9. The fourth-order valence-corrected chi connectivity index (χ4v) is 2.50. The number of aromatic nitrogens is 3. The normalized spacial score (nSPS) is 11.9. The highest BCUT2D eigenvalue weighted by molar-refractivity contribution is 5.94. The van der Waals surface area contributed by atoms with Gasteiger partial charge in [0.15, 0.2) is 0 Å². The van der Waals surface area contributed by atoms with Crippen LogP contribution in [0.25, 0.3) is 0 Å². The van der Waals surface area contributed by atoms with Gasteiger partial charge in [0, 0.05) is 18.9 Å². The Morgan fingerprint density at radius 3 is 2.62 bits per heavy atom. The lowest BCUT2D eigenvalue weighted by Crippen LogP contribution is -2.29. The molecule has 0 unspecified atom stereocenters. The number of hydrogen-bond acceptors (Lipinski definition) is 3. The Morgan fingerprint density at radius 1 is 1.21 bits per heavy atom. The smallest absolute Gasteiger partial charge is 0.255 e. The van der Waals surface area contributed by atoms with Gasteiger partial charge in [-0.15, -0.1) is 0 Å². The topological polar surface area (TPSA) is 59.8 Å². The summed E-state index contributed by atoms with van der Waals surface area (Å²) in [5, 5.41) is 7.23. The van der Waals surface area contributed by atoms with Crippen molar-refractivity contribution >= 4 is 5.91 Å². The molecule has 1 atom stereocenters. The van der Waals surface area contributed by atoms with Crippen LogP contribution in [0.15, 0.2) is 61.1 Å². The molecule has 0 saturated heterocycles. The minimum atomic E-state index is -0.302. The molecule has 3 aromatic rings. The molecule has 0 spiro atoms. The second kappa shape index (κ2) is 7.08. The lowest BCUT2D eigenvalue weighted by atomic mass is 10.0. The van der Waals surface area contributed by atoms with Crippen molar-refractivity contribution in [1.29, 1.82) is 0 Å². The van der Waals surface area contributed by atoms with Crippen LogP contribution in [-0.2, 0) is 6.54 Å². The second-order valence-corrected chi connectivity index (χ2v) is 5.66. The van der Waals surface area contributed by atoms with Crippen molar-refractivity contribution in [1.82, 2.24) is 20.1 Å². The van der Waals surface area contributed by atoms with Gasteiger partial charge in [0.2, 0.25) is 0 Å². The fourth-order valence-electron chi connectivity index (χ4n) is 2.50. The summed E-state index contributed by atoms with van der Waals surface area (Å²) in [6.45, 7) is 4.75. The summed E-state index contributed by atoms with van der Waals surface area (Å²) in [7, 11) is 0. The van der Waals surface area contributed by atoms with Gasteiger partial charge in [-0.3, -0.25) is 14.5 Å². The average Bonchev–Trinajstić information content (AvgIpc) is 3.10. The lowest BCUT2D eigenvalue weighted by Gasteiger charge is -2.18.